The Kier molecular flexibility index (Phi) is 3.78. The zero-order chi connectivity index (χ0) is 15.9. The first-order chi connectivity index (χ1) is 10.4. The van der Waals surface area contributed by atoms with Crippen molar-refractivity contribution in [3.8, 4) is 0 Å². The van der Waals surface area contributed by atoms with Crippen LogP contribution in [0.25, 0.3) is 0 Å². The minimum Gasteiger partial charge on any atom is -0.340 e. The zero-order valence-corrected chi connectivity index (χ0v) is 13.4. The quantitative estimate of drug-likeness (QED) is 0.665. The Morgan fingerprint density at radius 1 is 1.41 bits per heavy atom. The molecule has 0 aromatic heterocycles. The van der Waals surface area contributed by atoms with Crippen LogP contribution in [0, 0.1) is 5.92 Å². The van der Waals surface area contributed by atoms with E-state index in [1.54, 1.807) is 0 Å². The van der Waals surface area contributed by atoms with Gasteiger partial charge >= 0.3 is 0 Å². The highest BCUT2D eigenvalue weighted by atomic mass is 79.9. The van der Waals surface area contributed by atoms with Crippen molar-refractivity contribution in [1.29, 1.82) is 0 Å². The van der Waals surface area contributed by atoms with Crippen molar-refractivity contribution >= 4 is 33.7 Å². The second-order valence-electron chi connectivity index (χ2n) is 5.90. The molecule has 6 nitrogen and oxygen atoms in total. The fourth-order valence-electron chi connectivity index (χ4n) is 2.97. The summed E-state index contributed by atoms with van der Waals surface area (Å²) < 4.78 is 0.890. The summed E-state index contributed by atoms with van der Waals surface area (Å²) >= 11 is 3.42. The molecule has 3 fully saturated rings. The van der Waals surface area contributed by atoms with Gasteiger partial charge in [0.1, 0.15) is 5.54 Å². The van der Waals surface area contributed by atoms with E-state index >= 15 is 0 Å². The average molecular weight is 366 g/mol. The Morgan fingerprint density at radius 3 is 2.73 bits per heavy atom. The number of rotatable bonds is 4. The Labute approximate surface area is 135 Å². The maximum atomic E-state index is 12.3. The third-order valence-corrected chi connectivity index (χ3v) is 5.10. The molecule has 1 aromatic rings. The lowest BCUT2D eigenvalue weighted by atomic mass is 9.64. The number of imide groups is 1. The van der Waals surface area contributed by atoms with Gasteiger partial charge < -0.3 is 11.1 Å². The van der Waals surface area contributed by atoms with Gasteiger partial charge in [0, 0.05) is 10.4 Å². The molecule has 1 aromatic carbocycles. The monoisotopic (exact) mass is 365 g/mol. The molecule has 1 saturated carbocycles. The number of fused-ring (bicyclic) bond motifs is 2. The number of amides is 3. The molecule has 0 radical (unpaired) electrons. The van der Waals surface area contributed by atoms with Crippen molar-refractivity contribution in [3.05, 3.63) is 34.3 Å². The maximum absolute atomic E-state index is 12.3. The molecule has 2 aliphatic heterocycles. The number of hydrogen-bond donors (Lipinski definition) is 3. The maximum Gasteiger partial charge on any atom is 0.252 e. The van der Waals surface area contributed by atoms with Crippen molar-refractivity contribution in [1.82, 2.24) is 10.6 Å². The van der Waals surface area contributed by atoms with Gasteiger partial charge in [-0.05, 0) is 30.9 Å². The molecule has 1 aliphatic carbocycles. The second kappa shape index (κ2) is 5.48. The first-order valence-corrected chi connectivity index (χ1v) is 7.87. The number of piperidine rings is 2. The predicted molar refractivity (Wildman–Crippen MR) is 82.6 cm³/mol. The van der Waals surface area contributed by atoms with Crippen molar-refractivity contribution in [2.75, 3.05) is 0 Å². The summed E-state index contributed by atoms with van der Waals surface area (Å²) in [6, 6.07) is 6.78. The largest absolute Gasteiger partial charge is 0.340 e. The van der Waals surface area contributed by atoms with Crippen LogP contribution in [0.4, 0.5) is 0 Å². The summed E-state index contributed by atoms with van der Waals surface area (Å²) in [5.41, 5.74) is 5.92. The molecule has 4 N–H and O–H groups in total. The van der Waals surface area contributed by atoms with E-state index in [2.05, 4.69) is 26.6 Å². The van der Waals surface area contributed by atoms with E-state index in [4.69, 9.17) is 5.73 Å². The number of benzene rings is 1. The fourth-order valence-corrected chi connectivity index (χ4v) is 3.41. The average Bonchev–Trinajstić information content (AvgIpc) is 2.42. The highest BCUT2D eigenvalue weighted by molar-refractivity contribution is 9.10. The van der Waals surface area contributed by atoms with Crippen LogP contribution in [0.3, 0.4) is 0 Å². The minimum atomic E-state index is -0.957. The Bertz CT molecular complexity index is 655. The lowest BCUT2D eigenvalue weighted by molar-refractivity contribution is -0.155. The van der Waals surface area contributed by atoms with Gasteiger partial charge in [0.25, 0.3) is 5.91 Å². The second-order valence-corrected chi connectivity index (χ2v) is 6.75. The summed E-state index contributed by atoms with van der Waals surface area (Å²) in [5, 5.41) is 5.01. The fraction of sp³-hybridized carbons (Fsp3) is 0.400. The topological polar surface area (TPSA) is 101 Å². The van der Waals surface area contributed by atoms with Gasteiger partial charge in [0.2, 0.25) is 11.8 Å². The van der Waals surface area contributed by atoms with Crippen LogP contribution in [0.15, 0.2) is 28.7 Å². The number of nitrogens with two attached hydrogens (primary N) is 1. The van der Waals surface area contributed by atoms with E-state index in [9.17, 15) is 14.4 Å². The van der Waals surface area contributed by atoms with E-state index in [0.29, 0.717) is 19.3 Å². The Morgan fingerprint density at radius 2 is 2.09 bits per heavy atom. The van der Waals surface area contributed by atoms with Crippen LogP contribution in [0.2, 0.25) is 0 Å². The van der Waals surface area contributed by atoms with Crippen molar-refractivity contribution in [3.63, 3.8) is 0 Å². The van der Waals surface area contributed by atoms with E-state index in [1.807, 2.05) is 24.3 Å². The molecule has 2 bridgehead atoms. The Hall–Kier alpha value is -1.73. The Balaban J connectivity index is 1.64. The van der Waals surface area contributed by atoms with Gasteiger partial charge in [-0.2, -0.15) is 0 Å². The van der Waals surface area contributed by atoms with Crippen LogP contribution < -0.4 is 16.4 Å². The zero-order valence-electron chi connectivity index (χ0n) is 11.8. The van der Waals surface area contributed by atoms with Crippen molar-refractivity contribution in [2.45, 2.75) is 30.8 Å². The standard InChI is InChI=1S/C15H16BrN3O3/c16-10-4-2-1-3-8(10)5-11(17)13(21)19-15-6-9(7-15)12(20)18-14(15)22/h1-4,9,11H,5-7,17H2,(H,19,21)(H,18,20,22)/t9?,11-,15?/m1/s1. The number of carbonyl (C=O) groups excluding carboxylic acids is 3. The lowest BCUT2D eigenvalue weighted by Gasteiger charge is -2.49. The summed E-state index contributed by atoms with van der Waals surface area (Å²) in [6.45, 7) is 0. The van der Waals surface area contributed by atoms with Gasteiger partial charge in [-0.25, -0.2) is 0 Å². The lowest BCUT2D eigenvalue weighted by Crippen LogP contribution is -2.74. The highest BCUT2D eigenvalue weighted by Crippen LogP contribution is 2.41. The van der Waals surface area contributed by atoms with Gasteiger partial charge in [-0.3, -0.25) is 19.7 Å². The molecule has 0 unspecified atom stereocenters. The van der Waals surface area contributed by atoms with Gasteiger partial charge in [0.15, 0.2) is 0 Å². The number of carbonyl (C=O) groups is 3. The molecule has 116 valence electrons. The van der Waals surface area contributed by atoms with Crippen LogP contribution in [-0.4, -0.2) is 29.3 Å². The van der Waals surface area contributed by atoms with Gasteiger partial charge in [0.05, 0.1) is 6.04 Å². The highest BCUT2D eigenvalue weighted by Gasteiger charge is 2.58. The number of hydrogen-bond acceptors (Lipinski definition) is 4. The summed E-state index contributed by atoms with van der Waals surface area (Å²) in [5.74, 6) is -1.24. The smallest absolute Gasteiger partial charge is 0.252 e. The van der Waals surface area contributed by atoms with Crippen molar-refractivity contribution in [2.24, 2.45) is 11.7 Å². The molecule has 7 heteroatoms. The number of nitrogens with one attached hydrogen (secondary N) is 2. The van der Waals surface area contributed by atoms with Crippen molar-refractivity contribution < 1.29 is 14.4 Å². The third kappa shape index (κ3) is 2.55. The van der Waals surface area contributed by atoms with Crippen LogP contribution in [0.1, 0.15) is 18.4 Å². The summed E-state index contributed by atoms with van der Waals surface area (Å²) in [6.07, 6.45) is 1.10. The number of halogens is 1. The van der Waals surface area contributed by atoms with Gasteiger partial charge in [-0.1, -0.05) is 34.1 Å². The minimum absolute atomic E-state index is 0.183. The molecule has 2 heterocycles. The molecule has 1 atom stereocenters. The predicted octanol–water partition coefficient (Wildman–Crippen LogP) is 0.240. The summed E-state index contributed by atoms with van der Waals surface area (Å²) in [7, 11) is 0. The van der Waals surface area contributed by atoms with Crippen LogP contribution >= 0.6 is 15.9 Å². The van der Waals surface area contributed by atoms with Crippen LogP contribution in [-0.2, 0) is 20.8 Å². The SMILES string of the molecule is N[C@H](Cc1ccccc1Br)C(=O)NC12CC(C1)C(=O)NC2=O. The molecule has 3 aliphatic rings. The normalized spacial score (nSPS) is 27.6. The van der Waals surface area contributed by atoms with E-state index in [1.165, 1.54) is 0 Å². The van der Waals surface area contributed by atoms with Gasteiger partial charge in [-0.15, -0.1) is 0 Å². The van der Waals surface area contributed by atoms with Crippen LogP contribution in [0.5, 0.6) is 0 Å². The summed E-state index contributed by atoms with van der Waals surface area (Å²) in [4.78, 5) is 35.6. The van der Waals surface area contributed by atoms with E-state index < -0.39 is 17.5 Å². The molecule has 2 saturated heterocycles. The molecule has 0 spiro atoms. The third-order valence-electron chi connectivity index (χ3n) is 4.33. The molecule has 22 heavy (non-hydrogen) atoms. The molecular formula is C15H16BrN3O3. The van der Waals surface area contributed by atoms with E-state index in [0.717, 1.165) is 10.0 Å². The van der Waals surface area contributed by atoms with E-state index in [-0.39, 0.29) is 17.7 Å². The molecule has 4 rings (SSSR count). The molecular weight excluding hydrogens is 350 g/mol. The molecule has 3 amide bonds. The first-order valence-electron chi connectivity index (χ1n) is 7.07. The first kappa shape index (κ1) is 15.2.